The van der Waals surface area contributed by atoms with Gasteiger partial charge in [-0.05, 0) is 50.6 Å². The summed E-state index contributed by atoms with van der Waals surface area (Å²) in [6.45, 7) is 1.18. The van der Waals surface area contributed by atoms with E-state index in [1.165, 1.54) is 6.20 Å². The van der Waals surface area contributed by atoms with Crippen LogP contribution >= 0.6 is 11.3 Å². The minimum atomic E-state index is -4.66. The molecule has 0 bridgehead atoms. The molecule has 1 fully saturated rings. The van der Waals surface area contributed by atoms with Crippen LogP contribution in [-0.4, -0.2) is 47.4 Å². The predicted octanol–water partition coefficient (Wildman–Crippen LogP) is 2.91. The van der Waals surface area contributed by atoms with Crippen molar-refractivity contribution in [3.8, 4) is 6.07 Å². The van der Waals surface area contributed by atoms with Gasteiger partial charge in [0.2, 0.25) is 0 Å². The second kappa shape index (κ2) is 12.0. The Morgan fingerprint density at radius 3 is 2.47 bits per heavy atom. The maximum Gasteiger partial charge on any atom is 0.405 e. The first-order valence-electron chi connectivity index (χ1n) is 11.7. The third-order valence-corrected chi connectivity index (χ3v) is 7.11. The highest BCUT2D eigenvalue weighted by molar-refractivity contribution is 7.07. The van der Waals surface area contributed by atoms with Crippen LogP contribution in [0.4, 0.5) is 32.0 Å². The van der Waals surface area contributed by atoms with E-state index in [1.807, 2.05) is 11.0 Å². The number of piperidine rings is 1. The van der Waals surface area contributed by atoms with E-state index in [-0.39, 0.29) is 28.6 Å². The average molecular weight is 562 g/mol. The Morgan fingerprint density at radius 2 is 1.89 bits per heavy atom. The number of nitrogens with one attached hydrogen (secondary N) is 2. The van der Waals surface area contributed by atoms with Gasteiger partial charge in [-0.3, -0.25) is 19.1 Å². The summed E-state index contributed by atoms with van der Waals surface area (Å²) < 4.78 is 77.3. The van der Waals surface area contributed by atoms with Crippen LogP contribution in [0.25, 0.3) is 11.8 Å². The zero-order valence-corrected chi connectivity index (χ0v) is 21.1. The Morgan fingerprint density at radius 1 is 1.21 bits per heavy atom. The lowest BCUT2D eigenvalue weighted by Gasteiger charge is -2.32. The standard InChI is InChI=1S/C24H25F6N5O2S/c1-2-35-21(37)19(38-22(35)18(11-31)20(36)33-14-23(25,26)27)12-32-17-5-3-4-15(10-17)13-34-8-6-16(7-9-34)24(28,29)30/h3-5,10,12,16,32H,2,6-9,13-14H2,1H3,(H,33,36). The lowest BCUT2D eigenvalue weighted by atomic mass is 9.96. The number of likely N-dealkylation sites (tertiary alicyclic amines) is 1. The van der Waals surface area contributed by atoms with Crippen LogP contribution < -0.4 is 25.4 Å². The van der Waals surface area contributed by atoms with Gasteiger partial charge in [0.15, 0.2) is 5.57 Å². The number of nitriles is 1. The van der Waals surface area contributed by atoms with Crippen LogP contribution in [0.1, 0.15) is 25.3 Å². The number of hydrogen-bond donors (Lipinski definition) is 2. The summed E-state index contributed by atoms with van der Waals surface area (Å²) in [6, 6.07) is 8.69. The number of amides is 1. The van der Waals surface area contributed by atoms with Crippen molar-refractivity contribution in [1.29, 1.82) is 5.26 Å². The maximum atomic E-state index is 12.9. The number of thiazole rings is 1. The van der Waals surface area contributed by atoms with Gasteiger partial charge < -0.3 is 10.6 Å². The Hall–Kier alpha value is -3.31. The van der Waals surface area contributed by atoms with Gasteiger partial charge in [-0.1, -0.05) is 12.1 Å². The Kier molecular flexibility index (Phi) is 9.26. The first kappa shape index (κ1) is 29.2. The molecule has 0 aliphatic carbocycles. The summed E-state index contributed by atoms with van der Waals surface area (Å²) >= 11 is 0.790. The summed E-state index contributed by atoms with van der Waals surface area (Å²) in [5.41, 5.74) is 0.319. The molecule has 14 heteroatoms. The predicted molar refractivity (Wildman–Crippen MR) is 130 cm³/mol. The molecule has 1 aliphatic heterocycles. The van der Waals surface area contributed by atoms with Gasteiger partial charge in [0.1, 0.15) is 21.8 Å². The van der Waals surface area contributed by atoms with Crippen LogP contribution in [0.3, 0.4) is 0 Å². The molecule has 1 saturated heterocycles. The van der Waals surface area contributed by atoms with E-state index in [2.05, 4.69) is 5.32 Å². The molecule has 0 atom stereocenters. The van der Waals surface area contributed by atoms with Crippen molar-refractivity contribution in [2.75, 3.05) is 25.0 Å². The number of halogens is 6. The van der Waals surface area contributed by atoms with Crippen molar-refractivity contribution in [3.63, 3.8) is 0 Å². The van der Waals surface area contributed by atoms with E-state index in [0.717, 1.165) is 21.5 Å². The maximum absolute atomic E-state index is 12.9. The van der Waals surface area contributed by atoms with Gasteiger partial charge >= 0.3 is 12.4 Å². The largest absolute Gasteiger partial charge is 0.405 e. The summed E-state index contributed by atoms with van der Waals surface area (Å²) in [5, 5.41) is 14.0. The van der Waals surface area contributed by atoms with Crippen LogP contribution in [0.5, 0.6) is 0 Å². The number of anilines is 1. The molecule has 0 saturated carbocycles. The fraction of sp³-hybridized carbons (Fsp3) is 0.458. The third-order valence-electron chi connectivity index (χ3n) is 5.98. The summed E-state index contributed by atoms with van der Waals surface area (Å²) in [7, 11) is 0. The van der Waals surface area contributed by atoms with Crippen molar-refractivity contribution >= 4 is 34.7 Å². The first-order chi connectivity index (χ1) is 17.8. The molecule has 2 aromatic rings. The van der Waals surface area contributed by atoms with Crippen LogP contribution in [0.2, 0.25) is 0 Å². The number of benzene rings is 1. The molecule has 0 spiro atoms. The molecule has 1 aromatic carbocycles. The van der Waals surface area contributed by atoms with Gasteiger partial charge in [-0.2, -0.15) is 31.6 Å². The number of carbonyl (C=O) groups excluding carboxylic acids is 1. The van der Waals surface area contributed by atoms with Gasteiger partial charge in [0.05, 0.1) is 5.92 Å². The van der Waals surface area contributed by atoms with E-state index in [4.69, 9.17) is 0 Å². The molecule has 7 nitrogen and oxygen atoms in total. The molecule has 0 radical (unpaired) electrons. The fourth-order valence-electron chi connectivity index (χ4n) is 4.04. The molecule has 3 rings (SSSR count). The number of rotatable bonds is 7. The molecule has 1 aromatic heterocycles. The molecule has 1 amide bonds. The van der Waals surface area contributed by atoms with Crippen LogP contribution in [0.15, 0.2) is 29.1 Å². The number of hydrogen-bond acceptors (Lipinski definition) is 6. The molecule has 38 heavy (non-hydrogen) atoms. The van der Waals surface area contributed by atoms with Crippen LogP contribution in [-0.2, 0) is 17.9 Å². The fourth-order valence-corrected chi connectivity index (χ4v) is 5.13. The van der Waals surface area contributed by atoms with Gasteiger partial charge in [-0.25, -0.2) is 0 Å². The second-order valence-corrected chi connectivity index (χ2v) is 9.72. The molecular formula is C24H25F6N5O2S. The number of carbonyl (C=O) groups is 1. The highest BCUT2D eigenvalue weighted by Crippen LogP contribution is 2.34. The monoisotopic (exact) mass is 561 g/mol. The first-order valence-corrected chi connectivity index (χ1v) is 12.5. The molecule has 206 valence electrons. The van der Waals surface area contributed by atoms with Gasteiger partial charge in [0, 0.05) is 25.0 Å². The zero-order valence-electron chi connectivity index (χ0n) is 20.2. The SMILES string of the molecule is CCn1c(=C(C#N)C(=O)NCC(F)(F)F)sc(=CNc2cccc(CN3CCC(C(F)(F)F)CC3)c2)c1=O. The second-order valence-electron chi connectivity index (χ2n) is 8.69. The van der Waals surface area contributed by atoms with Gasteiger partial charge in [-0.15, -0.1) is 11.3 Å². The normalized spacial score (nSPS) is 16.7. The summed E-state index contributed by atoms with van der Waals surface area (Å²) in [5.74, 6) is -2.52. The highest BCUT2D eigenvalue weighted by Gasteiger charge is 2.41. The van der Waals surface area contributed by atoms with E-state index in [9.17, 15) is 41.2 Å². The molecule has 2 N–H and O–H groups in total. The minimum absolute atomic E-state index is 0.0512. The Bertz CT molecular complexity index is 1360. The third kappa shape index (κ3) is 7.61. The van der Waals surface area contributed by atoms with Crippen molar-refractivity contribution in [2.24, 2.45) is 5.92 Å². The van der Waals surface area contributed by atoms with Crippen molar-refractivity contribution < 1.29 is 31.1 Å². The molecule has 0 unspecified atom stereocenters. The average Bonchev–Trinajstić information content (AvgIpc) is 3.16. The summed E-state index contributed by atoms with van der Waals surface area (Å²) in [6.07, 6.45) is -7.36. The van der Waals surface area contributed by atoms with Gasteiger partial charge in [0.25, 0.3) is 11.5 Å². The Balaban J connectivity index is 1.79. The highest BCUT2D eigenvalue weighted by atomic mass is 32.1. The van der Waals surface area contributed by atoms with Crippen molar-refractivity contribution in [1.82, 2.24) is 14.8 Å². The van der Waals surface area contributed by atoms with E-state index >= 15 is 0 Å². The van der Waals surface area contributed by atoms with Crippen LogP contribution in [0, 0.1) is 17.2 Å². The van der Waals surface area contributed by atoms with Crippen molar-refractivity contribution in [2.45, 2.75) is 45.2 Å². The van der Waals surface area contributed by atoms with Crippen molar-refractivity contribution in [3.05, 3.63) is 49.4 Å². The number of aromatic nitrogens is 1. The van der Waals surface area contributed by atoms with E-state index in [0.29, 0.717) is 25.3 Å². The smallest absolute Gasteiger partial charge is 0.360 e. The topological polar surface area (TPSA) is 90.2 Å². The quantitative estimate of drug-likeness (QED) is 0.508. The lowest BCUT2D eigenvalue weighted by molar-refractivity contribution is -0.185. The van der Waals surface area contributed by atoms with E-state index < -0.39 is 41.9 Å². The summed E-state index contributed by atoms with van der Waals surface area (Å²) in [4.78, 5) is 26.9. The number of nitrogens with zero attached hydrogens (tertiary/aromatic N) is 3. The molecular weight excluding hydrogens is 536 g/mol. The minimum Gasteiger partial charge on any atom is -0.360 e. The molecule has 2 heterocycles. The Labute approximate surface area is 217 Å². The molecule has 1 aliphatic rings. The zero-order chi connectivity index (χ0) is 28.1. The number of alkyl halides is 6. The lowest BCUT2D eigenvalue weighted by Crippen LogP contribution is -2.38. The van der Waals surface area contributed by atoms with E-state index in [1.54, 1.807) is 36.5 Å².